The standard InChI is InChI=1S/C21H26F3N5O2/c1-12(11-31-2)27-21(29-20(30)13-4-3-5-15(22)6-13)28-19(26)10-18(25)14-7-16(23)9-17(24)8-14/h3-9,12,18-19H,10-11,25-26H2,1-2H3,(H2,27,28,29,30)/t12-,18?,19?/m0/s1. The number of nitrogens with one attached hydrogen (secondary N) is 2. The number of carbonyl (C=O) groups excluding carboxylic acids is 1. The first-order valence-corrected chi connectivity index (χ1v) is 9.55. The van der Waals surface area contributed by atoms with Gasteiger partial charge in [0, 0.05) is 30.8 Å². The van der Waals surface area contributed by atoms with Gasteiger partial charge in [-0.2, -0.15) is 4.99 Å². The summed E-state index contributed by atoms with van der Waals surface area (Å²) >= 11 is 0. The molecule has 2 aromatic carbocycles. The zero-order chi connectivity index (χ0) is 23.0. The lowest BCUT2D eigenvalue weighted by atomic mass is 10.0. The first kappa shape index (κ1) is 24.3. The Labute approximate surface area is 178 Å². The highest BCUT2D eigenvalue weighted by Crippen LogP contribution is 2.17. The lowest BCUT2D eigenvalue weighted by Crippen LogP contribution is -2.52. The van der Waals surface area contributed by atoms with E-state index >= 15 is 0 Å². The van der Waals surface area contributed by atoms with Gasteiger partial charge in [-0.1, -0.05) is 6.07 Å². The molecule has 2 aromatic rings. The monoisotopic (exact) mass is 437 g/mol. The van der Waals surface area contributed by atoms with Crippen LogP contribution in [0.3, 0.4) is 0 Å². The van der Waals surface area contributed by atoms with Crippen molar-refractivity contribution in [2.45, 2.75) is 31.6 Å². The Kier molecular flexibility index (Phi) is 8.98. The molecule has 31 heavy (non-hydrogen) atoms. The minimum atomic E-state index is -0.817. The fraction of sp³-hybridized carbons (Fsp3) is 0.333. The largest absolute Gasteiger partial charge is 0.383 e. The molecule has 6 N–H and O–H groups in total. The molecule has 0 spiro atoms. The summed E-state index contributed by atoms with van der Waals surface area (Å²) in [5.41, 5.74) is 12.4. The van der Waals surface area contributed by atoms with Gasteiger partial charge in [0.25, 0.3) is 5.91 Å². The molecule has 1 amide bonds. The van der Waals surface area contributed by atoms with Gasteiger partial charge in [-0.25, -0.2) is 13.2 Å². The summed E-state index contributed by atoms with van der Waals surface area (Å²) in [6, 6.07) is 7.09. The van der Waals surface area contributed by atoms with E-state index in [1.807, 2.05) is 0 Å². The number of nitrogens with zero attached hydrogens (tertiary/aromatic N) is 1. The fourth-order valence-electron chi connectivity index (χ4n) is 2.85. The SMILES string of the molecule is COC[C@H](C)N/C(=N/C(=O)c1cccc(F)c1)NC(N)CC(N)c1cc(F)cc(F)c1. The number of carbonyl (C=O) groups is 1. The Morgan fingerprint density at radius 2 is 1.74 bits per heavy atom. The number of nitrogens with two attached hydrogens (primary N) is 2. The molecule has 0 fully saturated rings. The fourth-order valence-corrected chi connectivity index (χ4v) is 2.85. The maximum atomic E-state index is 13.4. The van der Waals surface area contributed by atoms with Gasteiger partial charge in [0.05, 0.1) is 12.8 Å². The van der Waals surface area contributed by atoms with Crippen LogP contribution in [0.1, 0.15) is 35.3 Å². The van der Waals surface area contributed by atoms with Crippen LogP contribution in [0, 0.1) is 17.5 Å². The van der Waals surface area contributed by atoms with Crippen LogP contribution < -0.4 is 22.1 Å². The van der Waals surface area contributed by atoms with E-state index in [0.717, 1.165) is 24.3 Å². The van der Waals surface area contributed by atoms with Crippen molar-refractivity contribution < 1.29 is 22.7 Å². The molecule has 0 saturated heterocycles. The summed E-state index contributed by atoms with van der Waals surface area (Å²) in [6.07, 6.45) is -0.737. The average Bonchev–Trinajstić information content (AvgIpc) is 2.67. The van der Waals surface area contributed by atoms with Crippen LogP contribution in [0.5, 0.6) is 0 Å². The Balaban J connectivity index is 2.14. The quantitative estimate of drug-likeness (QED) is 0.286. The third-order valence-electron chi connectivity index (χ3n) is 4.23. The van der Waals surface area contributed by atoms with Crippen LogP contribution in [0.15, 0.2) is 47.5 Å². The summed E-state index contributed by atoms with van der Waals surface area (Å²) in [5, 5.41) is 5.78. The van der Waals surface area contributed by atoms with Crippen molar-refractivity contribution >= 4 is 11.9 Å². The topological polar surface area (TPSA) is 115 Å². The second-order valence-corrected chi connectivity index (χ2v) is 7.07. The van der Waals surface area contributed by atoms with Gasteiger partial charge in [-0.3, -0.25) is 4.79 Å². The van der Waals surface area contributed by atoms with Crippen LogP contribution in [-0.2, 0) is 4.74 Å². The van der Waals surface area contributed by atoms with E-state index in [4.69, 9.17) is 16.2 Å². The normalized spacial score (nSPS) is 14.6. The number of halogens is 3. The number of hydrogen-bond donors (Lipinski definition) is 4. The van der Waals surface area contributed by atoms with E-state index in [1.165, 1.54) is 25.3 Å². The van der Waals surface area contributed by atoms with Crippen molar-refractivity contribution in [3.63, 3.8) is 0 Å². The van der Waals surface area contributed by atoms with E-state index in [2.05, 4.69) is 15.6 Å². The number of benzene rings is 2. The molecule has 0 aromatic heterocycles. The van der Waals surface area contributed by atoms with Crippen LogP contribution in [0.4, 0.5) is 13.2 Å². The highest BCUT2D eigenvalue weighted by Gasteiger charge is 2.17. The number of guanidine groups is 1. The molecule has 0 radical (unpaired) electrons. The van der Waals surface area contributed by atoms with Gasteiger partial charge < -0.3 is 26.8 Å². The minimum absolute atomic E-state index is 0.0314. The van der Waals surface area contributed by atoms with Crippen LogP contribution >= 0.6 is 0 Å². The van der Waals surface area contributed by atoms with Gasteiger partial charge in [0.2, 0.25) is 5.96 Å². The summed E-state index contributed by atoms with van der Waals surface area (Å²) in [5.74, 6) is -2.72. The van der Waals surface area contributed by atoms with Crippen molar-refractivity contribution in [2.24, 2.45) is 16.5 Å². The van der Waals surface area contributed by atoms with Gasteiger partial charge in [-0.05, 0) is 49.2 Å². The second kappa shape index (κ2) is 11.4. The predicted octanol–water partition coefficient (Wildman–Crippen LogP) is 2.19. The highest BCUT2D eigenvalue weighted by molar-refractivity contribution is 6.02. The van der Waals surface area contributed by atoms with Gasteiger partial charge in [0.15, 0.2) is 0 Å². The zero-order valence-electron chi connectivity index (χ0n) is 17.2. The second-order valence-electron chi connectivity index (χ2n) is 7.07. The summed E-state index contributed by atoms with van der Waals surface area (Å²) in [4.78, 5) is 16.4. The minimum Gasteiger partial charge on any atom is -0.383 e. The number of rotatable bonds is 8. The van der Waals surface area contributed by atoms with Gasteiger partial charge in [0.1, 0.15) is 17.5 Å². The van der Waals surface area contributed by atoms with E-state index in [1.54, 1.807) is 6.92 Å². The summed E-state index contributed by atoms with van der Waals surface area (Å²) < 4.78 is 45.3. The molecule has 0 bridgehead atoms. The van der Waals surface area contributed by atoms with E-state index in [9.17, 15) is 18.0 Å². The maximum absolute atomic E-state index is 13.4. The Morgan fingerprint density at radius 3 is 2.35 bits per heavy atom. The predicted molar refractivity (Wildman–Crippen MR) is 112 cm³/mol. The van der Waals surface area contributed by atoms with Crippen molar-refractivity contribution in [3.8, 4) is 0 Å². The lowest BCUT2D eigenvalue weighted by Gasteiger charge is -2.23. The van der Waals surface area contributed by atoms with Crippen molar-refractivity contribution in [2.75, 3.05) is 13.7 Å². The molecule has 3 atom stereocenters. The Morgan fingerprint density at radius 1 is 1.06 bits per heavy atom. The lowest BCUT2D eigenvalue weighted by molar-refractivity contribution is 0.100. The van der Waals surface area contributed by atoms with Crippen molar-refractivity contribution in [3.05, 3.63) is 71.0 Å². The average molecular weight is 437 g/mol. The molecule has 2 rings (SSSR count). The molecule has 10 heteroatoms. The molecule has 7 nitrogen and oxygen atoms in total. The highest BCUT2D eigenvalue weighted by atomic mass is 19.1. The molecule has 0 heterocycles. The molecule has 0 saturated carbocycles. The van der Waals surface area contributed by atoms with Crippen LogP contribution in [0.2, 0.25) is 0 Å². The summed E-state index contributed by atoms with van der Waals surface area (Å²) in [7, 11) is 1.52. The van der Waals surface area contributed by atoms with E-state index in [-0.39, 0.29) is 29.5 Å². The first-order valence-electron chi connectivity index (χ1n) is 9.55. The first-order chi connectivity index (χ1) is 14.7. The third-order valence-corrected chi connectivity index (χ3v) is 4.23. The molecule has 0 aliphatic carbocycles. The molecule has 2 unspecified atom stereocenters. The number of hydrogen-bond acceptors (Lipinski definition) is 4. The van der Waals surface area contributed by atoms with Crippen molar-refractivity contribution in [1.29, 1.82) is 0 Å². The number of aliphatic imine (C=N–C) groups is 1. The third kappa shape index (κ3) is 8.00. The van der Waals surface area contributed by atoms with Crippen LogP contribution in [-0.4, -0.2) is 37.8 Å². The zero-order valence-corrected chi connectivity index (χ0v) is 17.2. The van der Waals surface area contributed by atoms with Crippen LogP contribution in [0.25, 0.3) is 0 Å². The molecule has 0 aliphatic rings. The molecular weight excluding hydrogens is 411 g/mol. The Bertz CT molecular complexity index is 905. The van der Waals surface area contributed by atoms with Crippen molar-refractivity contribution in [1.82, 2.24) is 10.6 Å². The van der Waals surface area contributed by atoms with Gasteiger partial charge >= 0.3 is 0 Å². The maximum Gasteiger partial charge on any atom is 0.280 e. The van der Waals surface area contributed by atoms with Gasteiger partial charge in [-0.15, -0.1) is 0 Å². The molecule has 0 aliphatic heterocycles. The number of amides is 1. The smallest absolute Gasteiger partial charge is 0.280 e. The van der Waals surface area contributed by atoms with E-state index in [0.29, 0.717) is 6.61 Å². The van der Waals surface area contributed by atoms with E-state index < -0.39 is 35.6 Å². The Hall–Kier alpha value is -2.95. The molecule has 168 valence electrons. The molecular formula is C21H26F3N5O2. The summed E-state index contributed by atoms with van der Waals surface area (Å²) in [6.45, 7) is 2.10. The number of methoxy groups -OCH3 is 1. The number of ether oxygens (including phenoxy) is 1.